The van der Waals surface area contributed by atoms with E-state index < -0.39 is 0 Å². The van der Waals surface area contributed by atoms with Crippen LogP contribution < -0.4 is 5.01 Å². The average molecular weight is 598 g/mol. The van der Waals surface area contributed by atoms with Crippen molar-refractivity contribution in [1.29, 1.82) is 0 Å². The topological polar surface area (TPSA) is 18.8 Å². The van der Waals surface area contributed by atoms with E-state index in [0.717, 1.165) is 18.7 Å². The molecular weight excluding hydrogens is 558 g/mol. The van der Waals surface area contributed by atoms with E-state index in [1.165, 1.54) is 55.8 Å². The Morgan fingerprint density at radius 3 is 2.39 bits per heavy atom. The second-order valence-electron chi connectivity index (χ2n) is 14.1. The molecule has 226 valence electrons. The SMILES string of the molecule is CC1CC=CC=C(C2=NC(c3ccccc3)N2N2c3cc4c(cc3C3C=CC(c5ccccc5)=CC32)-c2ccccc2C4(C)C)C1. The van der Waals surface area contributed by atoms with Crippen molar-refractivity contribution in [3.8, 4) is 11.1 Å². The third-order valence-corrected chi connectivity index (χ3v) is 10.8. The quantitative estimate of drug-likeness (QED) is 0.233. The van der Waals surface area contributed by atoms with Crippen molar-refractivity contribution >= 4 is 17.1 Å². The number of amidine groups is 1. The van der Waals surface area contributed by atoms with Crippen molar-refractivity contribution in [2.24, 2.45) is 10.9 Å². The Balaban J connectivity index is 1.25. The molecule has 0 amide bonds. The molecule has 0 N–H and O–H groups in total. The molecule has 0 saturated carbocycles. The van der Waals surface area contributed by atoms with Gasteiger partial charge in [0.1, 0.15) is 0 Å². The summed E-state index contributed by atoms with van der Waals surface area (Å²) in [6.07, 6.45) is 16.2. The van der Waals surface area contributed by atoms with Gasteiger partial charge in [-0.1, -0.05) is 142 Å². The third kappa shape index (κ3) is 4.07. The van der Waals surface area contributed by atoms with Gasteiger partial charge >= 0.3 is 0 Å². The van der Waals surface area contributed by atoms with Crippen LogP contribution in [0.2, 0.25) is 0 Å². The monoisotopic (exact) mass is 597 g/mol. The molecular formula is C43H39N3. The van der Waals surface area contributed by atoms with Crippen LogP contribution in [0.3, 0.4) is 0 Å². The minimum atomic E-state index is -0.0795. The first-order chi connectivity index (χ1) is 22.5. The van der Waals surface area contributed by atoms with E-state index in [-0.39, 0.29) is 23.5 Å². The number of allylic oxidation sites excluding steroid dienone is 5. The number of hydrazine groups is 1. The fourth-order valence-electron chi connectivity index (χ4n) is 8.40. The maximum absolute atomic E-state index is 5.40. The summed E-state index contributed by atoms with van der Waals surface area (Å²) in [5.74, 6) is 1.92. The molecule has 0 aromatic heterocycles. The lowest BCUT2D eigenvalue weighted by atomic mass is 9.81. The van der Waals surface area contributed by atoms with Crippen molar-refractivity contribution in [3.63, 3.8) is 0 Å². The lowest BCUT2D eigenvalue weighted by molar-refractivity contribution is 0.239. The van der Waals surface area contributed by atoms with E-state index >= 15 is 0 Å². The summed E-state index contributed by atoms with van der Waals surface area (Å²) < 4.78 is 0. The molecule has 4 atom stereocenters. The average Bonchev–Trinajstić information content (AvgIpc) is 3.37. The van der Waals surface area contributed by atoms with Crippen molar-refractivity contribution in [2.45, 2.75) is 57.2 Å². The lowest BCUT2D eigenvalue weighted by Crippen LogP contribution is -2.57. The van der Waals surface area contributed by atoms with Crippen LogP contribution in [-0.4, -0.2) is 16.9 Å². The van der Waals surface area contributed by atoms with Crippen molar-refractivity contribution in [1.82, 2.24) is 5.01 Å². The van der Waals surface area contributed by atoms with Gasteiger partial charge in [-0.05, 0) is 81.0 Å². The van der Waals surface area contributed by atoms with E-state index in [2.05, 4.69) is 164 Å². The molecule has 0 bridgehead atoms. The van der Waals surface area contributed by atoms with Crippen molar-refractivity contribution in [2.75, 3.05) is 5.01 Å². The maximum atomic E-state index is 5.40. The first-order valence-electron chi connectivity index (χ1n) is 16.8. The zero-order valence-corrected chi connectivity index (χ0v) is 26.8. The van der Waals surface area contributed by atoms with E-state index in [4.69, 9.17) is 4.99 Å². The van der Waals surface area contributed by atoms with Crippen LogP contribution in [0.5, 0.6) is 0 Å². The molecule has 0 saturated heterocycles. The second-order valence-corrected chi connectivity index (χ2v) is 14.1. The van der Waals surface area contributed by atoms with Gasteiger partial charge in [-0.25, -0.2) is 10.0 Å². The highest BCUT2D eigenvalue weighted by Gasteiger charge is 2.49. The Morgan fingerprint density at radius 2 is 1.57 bits per heavy atom. The number of fused-ring (bicyclic) bond motifs is 6. The van der Waals surface area contributed by atoms with Gasteiger partial charge in [0.2, 0.25) is 0 Å². The summed E-state index contributed by atoms with van der Waals surface area (Å²) in [6.45, 7) is 7.13. The zero-order chi connectivity index (χ0) is 31.0. The molecule has 0 radical (unpaired) electrons. The molecule has 4 unspecified atom stereocenters. The van der Waals surface area contributed by atoms with Crippen molar-refractivity contribution < 1.29 is 0 Å². The van der Waals surface area contributed by atoms with Gasteiger partial charge in [0.05, 0.1) is 11.7 Å². The predicted octanol–water partition coefficient (Wildman–Crippen LogP) is 10.2. The normalized spacial score (nSPS) is 25.0. The smallest absolute Gasteiger partial charge is 0.169 e. The fraction of sp³-hybridized carbons (Fsp3) is 0.233. The number of benzene rings is 4. The summed E-state index contributed by atoms with van der Waals surface area (Å²) in [7, 11) is 0. The molecule has 2 aliphatic heterocycles. The third-order valence-electron chi connectivity index (χ3n) is 10.8. The molecule has 46 heavy (non-hydrogen) atoms. The summed E-state index contributed by atoms with van der Waals surface area (Å²) >= 11 is 0. The van der Waals surface area contributed by atoms with Crippen LogP contribution in [-0.2, 0) is 5.41 Å². The molecule has 4 aromatic carbocycles. The summed E-state index contributed by atoms with van der Waals surface area (Å²) in [4.78, 5) is 5.40. The highest BCUT2D eigenvalue weighted by molar-refractivity contribution is 6.03. The molecule has 9 rings (SSSR count). The zero-order valence-electron chi connectivity index (χ0n) is 26.8. The number of nitrogens with zero attached hydrogens (tertiary/aromatic N) is 3. The first-order valence-corrected chi connectivity index (χ1v) is 16.8. The van der Waals surface area contributed by atoms with E-state index in [9.17, 15) is 0 Å². The van der Waals surface area contributed by atoms with Crippen LogP contribution in [0.4, 0.5) is 5.69 Å². The highest BCUT2D eigenvalue weighted by atomic mass is 15.7. The molecule has 4 aromatic rings. The Labute approximate surface area is 272 Å². The summed E-state index contributed by atoms with van der Waals surface area (Å²) in [6, 6.07) is 35.8. The number of rotatable bonds is 4. The molecule has 3 heteroatoms. The predicted molar refractivity (Wildman–Crippen MR) is 191 cm³/mol. The summed E-state index contributed by atoms with van der Waals surface area (Å²) in [5, 5.41) is 5.15. The molecule has 5 aliphatic rings. The maximum Gasteiger partial charge on any atom is 0.169 e. The van der Waals surface area contributed by atoms with Crippen molar-refractivity contribution in [3.05, 3.63) is 167 Å². The standard InChI is InChI=1S/C43H39N3/c1-28-14-10-11-19-32(24-28)42-44-41(30-17-8-5-9-18-30)46(42)45-39-25-31(29-15-6-4-7-16-29)22-23-34(39)36-26-35-33-20-12-13-21-37(33)43(2,3)38(35)27-40(36)45/h4-13,15-23,25-28,34,39,41H,14,24H2,1-3H3. The van der Waals surface area contributed by atoms with E-state index in [0.29, 0.717) is 5.92 Å². The summed E-state index contributed by atoms with van der Waals surface area (Å²) in [5.41, 5.74) is 13.3. The van der Waals surface area contributed by atoms with Gasteiger partial charge in [-0.15, -0.1) is 0 Å². The fourth-order valence-corrected chi connectivity index (χ4v) is 8.40. The van der Waals surface area contributed by atoms with Gasteiger partial charge in [0, 0.05) is 11.3 Å². The molecule has 0 spiro atoms. The molecule has 0 fully saturated rings. The van der Waals surface area contributed by atoms with Gasteiger partial charge in [0.25, 0.3) is 0 Å². The van der Waals surface area contributed by atoms with Gasteiger partial charge in [0.15, 0.2) is 12.0 Å². The van der Waals surface area contributed by atoms with Gasteiger partial charge in [-0.3, -0.25) is 5.01 Å². The number of anilines is 1. The Bertz CT molecular complexity index is 2010. The Kier molecular flexibility index (Phi) is 6.15. The van der Waals surface area contributed by atoms with Crippen LogP contribution in [0.1, 0.15) is 73.5 Å². The number of hydrogen-bond acceptors (Lipinski definition) is 3. The molecule has 3 nitrogen and oxygen atoms in total. The van der Waals surface area contributed by atoms with Crippen LogP contribution >= 0.6 is 0 Å². The minimum absolute atomic E-state index is 0.0734. The van der Waals surface area contributed by atoms with Crippen LogP contribution in [0, 0.1) is 5.92 Å². The molecule has 2 heterocycles. The first kappa shape index (κ1) is 27.4. The Hall–Kier alpha value is -4.89. The highest BCUT2D eigenvalue weighted by Crippen LogP contribution is 2.56. The van der Waals surface area contributed by atoms with Gasteiger partial charge in [-0.2, -0.15) is 0 Å². The van der Waals surface area contributed by atoms with Crippen LogP contribution in [0.15, 0.2) is 144 Å². The Morgan fingerprint density at radius 1 is 0.804 bits per heavy atom. The van der Waals surface area contributed by atoms with Crippen LogP contribution in [0.25, 0.3) is 16.7 Å². The molecule has 3 aliphatic carbocycles. The largest absolute Gasteiger partial charge is 0.274 e. The number of hydrogen-bond donors (Lipinski definition) is 0. The van der Waals surface area contributed by atoms with E-state index in [1.54, 1.807) is 0 Å². The second kappa shape index (κ2) is 10.3. The number of aliphatic imine (C=N–C) groups is 1. The van der Waals surface area contributed by atoms with Gasteiger partial charge < -0.3 is 0 Å². The lowest BCUT2D eigenvalue weighted by Gasteiger charge is -2.50. The minimum Gasteiger partial charge on any atom is -0.274 e. The van der Waals surface area contributed by atoms with E-state index in [1.807, 2.05) is 0 Å².